The van der Waals surface area contributed by atoms with E-state index >= 15 is 0 Å². The van der Waals surface area contributed by atoms with Crippen LogP contribution in [0, 0.1) is 11.3 Å². The summed E-state index contributed by atoms with van der Waals surface area (Å²) in [6.45, 7) is 0.310. The molecule has 0 bridgehead atoms. The van der Waals surface area contributed by atoms with Crippen molar-refractivity contribution in [3.63, 3.8) is 0 Å². The summed E-state index contributed by atoms with van der Waals surface area (Å²) >= 11 is 0. The van der Waals surface area contributed by atoms with Crippen LogP contribution in [0.5, 0.6) is 5.75 Å². The first-order chi connectivity index (χ1) is 10.2. The second-order valence-corrected chi connectivity index (χ2v) is 4.35. The molecule has 0 aliphatic heterocycles. The number of methoxy groups -OCH3 is 1. The number of nitriles is 1. The van der Waals surface area contributed by atoms with E-state index in [2.05, 4.69) is 10.2 Å². The number of ether oxygens (including phenoxy) is 1. The summed E-state index contributed by atoms with van der Waals surface area (Å²) < 4.78 is 11.9. The summed E-state index contributed by atoms with van der Waals surface area (Å²) in [4.78, 5) is 11.7. The van der Waals surface area contributed by atoms with Gasteiger partial charge in [0.25, 0.3) is 0 Å². The number of rotatable bonds is 3. The standard InChI is InChI=1S/C14H10N4O3/c1-20-10-2-3-11-9(4-14(19)21-12(11)5-10)7-18-8-16-17-13(18)6-15/h2-5,8H,7H2,1H3. The van der Waals surface area contributed by atoms with Crippen LogP contribution in [0.1, 0.15) is 11.4 Å². The monoisotopic (exact) mass is 282 g/mol. The Hall–Kier alpha value is -3.14. The predicted molar refractivity (Wildman–Crippen MR) is 72.9 cm³/mol. The van der Waals surface area contributed by atoms with Gasteiger partial charge in [-0.2, -0.15) is 5.26 Å². The van der Waals surface area contributed by atoms with Gasteiger partial charge < -0.3 is 13.7 Å². The van der Waals surface area contributed by atoms with Gasteiger partial charge in [0.15, 0.2) is 0 Å². The average Bonchev–Trinajstić information content (AvgIpc) is 2.93. The topological polar surface area (TPSA) is 93.9 Å². The third kappa shape index (κ3) is 2.34. The Morgan fingerprint density at radius 1 is 1.43 bits per heavy atom. The van der Waals surface area contributed by atoms with Gasteiger partial charge in [0.05, 0.1) is 13.7 Å². The highest BCUT2D eigenvalue weighted by Gasteiger charge is 2.10. The third-order valence-corrected chi connectivity index (χ3v) is 3.09. The summed E-state index contributed by atoms with van der Waals surface area (Å²) in [6, 6.07) is 8.58. The lowest BCUT2D eigenvalue weighted by Gasteiger charge is -2.07. The molecule has 0 N–H and O–H groups in total. The van der Waals surface area contributed by atoms with Crippen molar-refractivity contribution in [3.05, 3.63) is 52.4 Å². The van der Waals surface area contributed by atoms with Crippen molar-refractivity contribution in [3.8, 4) is 11.8 Å². The molecule has 3 rings (SSSR count). The minimum atomic E-state index is -0.461. The lowest BCUT2D eigenvalue weighted by atomic mass is 10.1. The minimum Gasteiger partial charge on any atom is -0.497 e. The first-order valence-electron chi connectivity index (χ1n) is 6.10. The van der Waals surface area contributed by atoms with Gasteiger partial charge in [-0.05, 0) is 17.7 Å². The largest absolute Gasteiger partial charge is 0.497 e. The summed E-state index contributed by atoms with van der Waals surface area (Å²) in [5.41, 5.74) is 0.695. The quantitative estimate of drug-likeness (QED) is 0.672. The maximum absolute atomic E-state index is 11.7. The molecule has 0 unspecified atom stereocenters. The molecule has 0 aliphatic carbocycles. The molecule has 2 heterocycles. The van der Waals surface area contributed by atoms with E-state index in [-0.39, 0.29) is 5.82 Å². The van der Waals surface area contributed by atoms with Crippen LogP contribution in [0.2, 0.25) is 0 Å². The van der Waals surface area contributed by atoms with Gasteiger partial charge in [-0.3, -0.25) is 0 Å². The molecule has 7 nitrogen and oxygen atoms in total. The molecule has 104 valence electrons. The van der Waals surface area contributed by atoms with Crippen LogP contribution in [0.15, 0.2) is 39.8 Å². The van der Waals surface area contributed by atoms with E-state index in [0.717, 1.165) is 10.9 Å². The molecule has 0 aliphatic rings. The van der Waals surface area contributed by atoms with Crippen LogP contribution >= 0.6 is 0 Å². The first-order valence-corrected chi connectivity index (χ1v) is 6.10. The zero-order valence-electron chi connectivity index (χ0n) is 11.1. The van der Waals surface area contributed by atoms with Gasteiger partial charge in [0.1, 0.15) is 23.7 Å². The van der Waals surface area contributed by atoms with E-state index in [1.54, 1.807) is 23.8 Å². The molecule has 1 aromatic carbocycles. The van der Waals surface area contributed by atoms with Crippen LogP contribution in [0.25, 0.3) is 11.0 Å². The highest BCUT2D eigenvalue weighted by atomic mass is 16.5. The molecule has 0 radical (unpaired) electrons. The molecular weight excluding hydrogens is 272 g/mol. The Kier molecular flexibility index (Phi) is 3.12. The van der Waals surface area contributed by atoms with Crippen molar-refractivity contribution in [1.82, 2.24) is 14.8 Å². The number of benzene rings is 1. The van der Waals surface area contributed by atoms with Crippen molar-refractivity contribution >= 4 is 11.0 Å². The molecule has 0 saturated heterocycles. The van der Waals surface area contributed by atoms with Crippen molar-refractivity contribution < 1.29 is 9.15 Å². The van der Waals surface area contributed by atoms with Crippen LogP contribution in [-0.2, 0) is 6.54 Å². The zero-order valence-corrected chi connectivity index (χ0v) is 11.1. The van der Waals surface area contributed by atoms with Crippen LogP contribution in [0.4, 0.5) is 0 Å². The fraction of sp³-hybridized carbons (Fsp3) is 0.143. The Bertz CT molecular complexity index is 904. The van der Waals surface area contributed by atoms with E-state index in [9.17, 15) is 4.79 Å². The Morgan fingerprint density at radius 3 is 3.05 bits per heavy atom. The minimum absolute atomic E-state index is 0.185. The SMILES string of the molecule is COc1ccc2c(Cn3cnnc3C#N)cc(=O)oc2c1. The second kappa shape index (κ2) is 5.09. The summed E-state index contributed by atoms with van der Waals surface area (Å²) in [5.74, 6) is 0.787. The fourth-order valence-corrected chi connectivity index (χ4v) is 2.11. The smallest absolute Gasteiger partial charge is 0.336 e. The molecule has 0 saturated carbocycles. The normalized spacial score (nSPS) is 10.5. The number of aromatic nitrogens is 3. The molecule has 3 aromatic rings. The van der Waals surface area contributed by atoms with Crippen molar-refractivity contribution in [2.75, 3.05) is 7.11 Å². The van der Waals surface area contributed by atoms with Crippen molar-refractivity contribution in [2.24, 2.45) is 0 Å². The highest BCUT2D eigenvalue weighted by molar-refractivity contribution is 5.81. The van der Waals surface area contributed by atoms with Crippen molar-refractivity contribution in [2.45, 2.75) is 6.54 Å². The zero-order chi connectivity index (χ0) is 14.8. The Morgan fingerprint density at radius 2 is 2.29 bits per heavy atom. The summed E-state index contributed by atoms with van der Waals surface area (Å²) in [5, 5.41) is 17.1. The van der Waals surface area contributed by atoms with Crippen LogP contribution in [0.3, 0.4) is 0 Å². The molecule has 0 amide bonds. The summed E-state index contributed by atoms with van der Waals surface area (Å²) in [6.07, 6.45) is 1.45. The lowest BCUT2D eigenvalue weighted by Crippen LogP contribution is -2.06. The van der Waals surface area contributed by atoms with E-state index in [1.807, 2.05) is 12.1 Å². The van der Waals surface area contributed by atoms with Gasteiger partial charge in [0, 0.05) is 17.5 Å². The highest BCUT2D eigenvalue weighted by Crippen LogP contribution is 2.23. The Balaban J connectivity index is 2.14. The first kappa shape index (κ1) is 12.9. The molecule has 2 aromatic heterocycles. The Labute approximate surface area is 119 Å². The molecule has 0 fully saturated rings. The second-order valence-electron chi connectivity index (χ2n) is 4.35. The van der Waals surface area contributed by atoms with Crippen molar-refractivity contribution in [1.29, 1.82) is 5.26 Å². The maximum atomic E-state index is 11.7. The number of hydrogen-bond acceptors (Lipinski definition) is 6. The van der Waals surface area contributed by atoms with Gasteiger partial charge in [-0.15, -0.1) is 10.2 Å². The van der Waals surface area contributed by atoms with E-state index in [4.69, 9.17) is 14.4 Å². The van der Waals surface area contributed by atoms with Gasteiger partial charge in [-0.1, -0.05) is 0 Å². The number of hydrogen-bond donors (Lipinski definition) is 0. The third-order valence-electron chi connectivity index (χ3n) is 3.09. The van der Waals surface area contributed by atoms with Gasteiger partial charge in [-0.25, -0.2) is 4.79 Å². The molecule has 21 heavy (non-hydrogen) atoms. The summed E-state index contributed by atoms with van der Waals surface area (Å²) in [7, 11) is 1.54. The van der Waals surface area contributed by atoms with Crippen LogP contribution in [-0.4, -0.2) is 21.9 Å². The average molecular weight is 282 g/mol. The molecular formula is C14H10N4O3. The molecule has 0 spiro atoms. The van der Waals surface area contributed by atoms with E-state index < -0.39 is 5.63 Å². The molecule has 7 heteroatoms. The predicted octanol–water partition coefficient (Wildman–Crippen LogP) is 1.31. The van der Waals surface area contributed by atoms with Gasteiger partial charge >= 0.3 is 5.63 Å². The fourth-order valence-electron chi connectivity index (χ4n) is 2.11. The number of fused-ring (bicyclic) bond motifs is 1. The van der Waals surface area contributed by atoms with E-state index in [0.29, 0.717) is 17.9 Å². The van der Waals surface area contributed by atoms with Crippen LogP contribution < -0.4 is 10.4 Å². The number of nitrogens with zero attached hydrogens (tertiary/aromatic N) is 4. The van der Waals surface area contributed by atoms with E-state index in [1.165, 1.54) is 12.4 Å². The molecule has 0 atom stereocenters. The lowest BCUT2D eigenvalue weighted by molar-refractivity contribution is 0.414. The maximum Gasteiger partial charge on any atom is 0.336 e. The van der Waals surface area contributed by atoms with Gasteiger partial charge in [0.2, 0.25) is 5.82 Å².